The number of hydrogen-bond acceptors (Lipinski definition) is 9. The van der Waals surface area contributed by atoms with Crippen molar-refractivity contribution < 1.29 is 32.4 Å². The van der Waals surface area contributed by atoms with Gasteiger partial charge in [0, 0.05) is 50.7 Å². The molecule has 3 heterocycles. The molecule has 0 spiro atoms. The Kier molecular flexibility index (Phi) is 11.6. The van der Waals surface area contributed by atoms with Crippen LogP contribution in [0.15, 0.2) is 47.3 Å². The van der Waals surface area contributed by atoms with Crippen LogP contribution in [0.1, 0.15) is 51.2 Å². The van der Waals surface area contributed by atoms with Crippen molar-refractivity contribution in [1.82, 2.24) is 19.4 Å². The van der Waals surface area contributed by atoms with Crippen molar-refractivity contribution in [1.29, 1.82) is 0 Å². The van der Waals surface area contributed by atoms with Crippen molar-refractivity contribution in [2.24, 2.45) is 0 Å². The summed E-state index contributed by atoms with van der Waals surface area (Å²) in [7, 11) is -1.31. The van der Waals surface area contributed by atoms with E-state index in [0.29, 0.717) is 62.0 Å². The Morgan fingerprint density at radius 3 is 2.53 bits per heavy atom. The van der Waals surface area contributed by atoms with Crippen molar-refractivity contribution in [3.63, 3.8) is 0 Å². The van der Waals surface area contributed by atoms with E-state index in [1.54, 1.807) is 30.5 Å². The largest absolute Gasteiger partial charge is 0.598 e. The Morgan fingerprint density at radius 2 is 1.88 bits per heavy atom. The molecule has 1 aliphatic rings. The van der Waals surface area contributed by atoms with Gasteiger partial charge < -0.3 is 32.6 Å². The maximum atomic E-state index is 14.9. The molecule has 2 atom stereocenters. The van der Waals surface area contributed by atoms with Crippen molar-refractivity contribution >= 4 is 19.4 Å². The lowest BCUT2D eigenvalue weighted by atomic mass is 10.1. The van der Waals surface area contributed by atoms with E-state index < -0.39 is 36.0 Å². The number of hydrogen-bond donors (Lipinski definition) is 1. The summed E-state index contributed by atoms with van der Waals surface area (Å²) >= 11 is -1.42. The molecule has 3 aromatic rings. The third-order valence-electron chi connectivity index (χ3n) is 7.03. The maximum Gasteiger partial charge on any atom is 0.215 e. The van der Waals surface area contributed by atoms with Crippen LogP contribution in [0.3, 0.4) is 0 Å². The minimum absolute atomic E-state index is 0.179. The van der Waals surface area contributed by atoms with Crippen LogP contribution in [-0.4, -0.2) is 65.1 Å². The number of ether oxygens (including phenoxy) is 4. The summed E-state index contributed by atoms with van der Waals surface area (Å²) < 4.78 is 61.8. The molecule has 1 aromatic carbocycles. The van der Waals surface area contributed by atoms with Gasteiger partial charge in [0.1, 0.15) is 41.1 Å². The second kappa shape index (κ2) is 14.8. The zero-order valence-electron chi connectivity index (χ0n) is 26.1. The van der Waals surface area contributed by atoms with Gasteiger partial charge in [0.25, 0.3) is 0 Å². The first-order valence-corrected chi connectivity index (χ1v) is 19.6. The van der Waals surface area contributed by atoms with Gasteiger partial charge >= 0.3 is 0 Å². The lowest BCUT2D eigenvalue weighted by Crippen LogP contribution is -2.43. The molecule has 2 aromatic heterocycles. The summed E-state index contributed by atoms with van der Waals surface area (Å²) in [5, 5.41) is 4.02. The monoisotopic (exact) mass is 636 g/mol. The summed E-state index contributed by atoms with van der Waals surface area (Å²) in [5.74, 6) is -0.737. The van der Waals surface area contributed by atoms with Gasteiger partial charge in [-0.2, -0.15) is 0 Å². The smallest absolute Gasteiger partial charge is 0.215 e. The van der Waals surface area contributed by atoms with Gasteiger partial charge in [-0.3, -0.25) is 0 Å². The van der Waals surface area contributed by atoms with Crippen LogP contribution in [-0.2, 0) is 42.8 Å². The molecule has 1 N–H and O–H groups in total. The summed E-state index contributed by atoms with van der Waals surface area (Å²) in [5.41, 5.74) is 1.60. The maximum absolute atomic E-state index is 14.9. The predicted molar refractivity (Wildman–Crippen MR) is 166 cm³/mol. The molecule has 238 valence electrons. The van der Waals surface area contributed by atoms with E-state index in [1.807, 2.05) is 25.3 Å². The Morgan fingerprint density at radius 1 is 1.14 bits per heavy atom. The van der Waals surface area contributed by atoms with E-state index in [4.69, 9.17) is 28.5 Å². The van der Waals surface area contributed by atoms with Crippen LogP contribution in [0.2, 0.25) is 25.7 Å². The zero-order chi connectivity index (χ0) is 31.1. The molecule has 0 saturated carbocycles. The van der Waals surface area contributed by atoms with Crippen molar-refractivity contribution in [3.8, 4) is 11.3 Å². The third kappa shape index (κ3) is 9.21. The Bertz CT molecular complexity index is 1270. The Balaban J connectivity index is 1.52. The average Bonchev–Trinajstić information content (AvgIpc) is 3.71. The standard InChI is InChI=1S/C30H45FN4O6SSi/c1-29(2,3)42(36)34-25(21-37-14-9-13-30(39-16-17-40-30)27-12-15-41-33-27)28-32-20-26(23-10-7-8-11-24(23)31)35(28)22-38-18-19-43(4,5)6/h7-8,10-12,15,20,25,34H,9,13-14,16-19,21-22H2,1-6H3/t25-,42?/m0/s1. The van der Waals surface area contributed by atoms with Crippen molar-refractivity contribution in [2.75, 3.05) is 33.0 Å². The fourth-order valence-electron chi connectivity index (χ4n) is 4.58. The number of nitrogens with one attached hydrogen (secondary N) is 1. The summed E-state index contributed by atoms with van der Waals surface area (Å²) in [6, 6.07) is 8.78. The van der Waals surface area contributed by atoms with Crippen molar-refractivity contribution in [2.45, 2.75) is 82.6 Å². The van der Waals surface area contributed by atoms with E-state index in [9.17, 15) is 8.94 Å². The highest BCUT2D eigenvalue weighted by molar-refractivity contribution is 7.90. The molecule has 1 saturated heterocycles. The van der Waals surface area contributed by atoms with E-state index >= 15 is 0 Å². The fraction of sp³-hybridized carbons (Fsp3) is 0.600. The fourth-order valence-corrected chi connectivity index (χ4v) is 6.12. The first-order valence-electron chi connectivity index (χ1n) is 14.7. The van der Waals surface area contributed by atoms with E-state index in [-0.39, 0.29) is 19.2 Å². The number of halogens is 1. The summed E-state index contributed by atoms with van der Waals surface area (Å²) in [6.45, 7) is 14.9. The lowest BCUT2D eigenvalue weighted by Gasteiger charge is -2.28. The molecule has 0 radical (unpaired) electrons. The lowest BCUT2D eigenvalue weighted by molar-refractivity contribution is -0.177. The Labute approximate surface area is 257 Å². The summed E-state index contributed by atoms with van der Waals surface area (Å²) in [6.07, 6.45) is 4.29. The van der Waals surface area contributed by atoms with E-state index in [1.165, 1.54) is 12.3 Å². The molecule has 10 nitrogen and oxygen atoms in total. The third-order valence-corrected chi connectivity index (χ3v) is 10.3. The van der Waals surface area contributed by atoms with Crippen LogP contribution >= 0.6 is 0 Å². The highest BCUT2D eigenvalue weighted by Crippen LogP contribution is 2.35. The molecule has 13 heteroatoms. The van der Waals surface area contributed by atoms with E-state index in [0.717, 1.165) is 6.04 Å². The number of imidazole rings is 1. The molecule has 1 unspecified atom stereocenters. The number of aromatic nitrogens is 3. The predicted octanol–water partition coefficient (Wildman–Crippen LogP) is 5.78. The van der Waals surface area contributed by atoms with E-state index in [2.05, 4.69) is 29.5 Å². The minimum Gasteiger partial charge on any atom is -0.598 e. The number of nitrogens with zero attached hydrogens (tertiary/aromatic N) is 3. The second-order valence-electron chi connectivity index (χ2n) is 12.8. The van der Waals surface area contributed by atoms with Crippen molar-refractivity contribution in [3.05, 3.63) is 60.1 Å². The zero-order valence-corrected chi connectivity index (χ0v) is 27.9. The molecule has 4 rings (SSSR count). The number of rotatable bonds is 16. The molecular weight excluding hydrogens is 592 g/mol. The van der Waals surface area contributed by atoms with Gasteiger partial charge in [-0.15, -0.1) is 4.72 Å². The van der Waals surface area contributed by atoms with Crippen LogP contribution in [0, 0.1) is 5.82 Å². The molecular formula is C30H45FN4O6SSi. The molecule has 1 aliphatic heterocycles. The van der Waals surface area contributed by atoms with Gasteiger partial charge in [-0.05, 0) is 45.4 Å². The highest BCUT2D eigenvalue weighted by atomic mass is 32.2. The average molecular weight is 637 g/mol. The topological polar surface area (TPSA) is 116 Å². The molecule has 0 aliphatic carbocycles. The van der Waals surface area contributed by atoms with Crippen LogP contribution < -0.4 is 4.72 Å². The molecule has 0 amide bonds. The van der Waals surface area contributed by atoms with Crippen LogP contribution in [0.5, 0.6) is 0 Å². The number of benzene rings is 1. The van der Waals surface area contributed by atoms with Gasteiger partial charge in [0.05, 0.1) is 31.7 Å². The van der Waals surface area contributed by atoms with Gasteiger partial charge in [0.15, 0.2) is 0 Å². The van der Waals surface area contributed by atoms with Crippen LogP contribution in [0.25, 0.3) is 11.3 Å². The first kappa shape index (κ1) is 33.8. The van der Waals surface area contributed by atoms with Crippen LogP contribution in [0.4, 0.5) is 4.39 Å². The van der Waals surface area contributed by atoms with Gasteiger partial charge in [-0.1, -0.05) is 36.9 Å². The highest BCUT2D eigenvalue weighted by Gasteiger charge is 2.40. The Hall–Kier alpha value is -2.10. The summed E-state index contributed by atoms with van der Waals surface area (Å²) in [4.78, 5) is 4.69. The van der Waals surface area contributed by atoms with Gasteiger partial charge in [0.2, 0.25) is 5.79 Å². The molecule has 1 fully saturated rings. The normalized spacial score (nSPS) is 16.9. The SMILES string of the molecule is CC(C)(C)[S+]([O-])N[C@@H](COCCCC1(c2ccon2)OCCO1)c1ncc(-c2ccccc2F)n1COCC[Si](C)(C)C. The minimum atomic E-state index is -1.42. The first-order chi connectivity index (χ1) is 20.4. The molecule has 0 bridgehead atoms. The quantitative estimate of drug-likeness (QED) is 0.119. The molecule has 43 heavy (non-hydrogen) atoms. The van der Waals surface area contributed by atoms with Gasteiger partial charge in [-0.25, -0.2) is 9.37 Å². The second-order valence-corrected chi connectivity index (χ2v) is 20.4.